The SMILES string of the molecule is CO[P+](=O)OP(=O)(O)O.c1ccc(-c2ccccc2)cc1. The summed E-state index contributed by atoms with van der Waals surface area (Å²) in [6.07, 6.45) is 0. The molecule has 2 rings (SSSR count). The summed E-state index contributed by atoms with van der Waals surface area (Å²) in [5.74, 6) is 0. The van der Waals surface area contributed by atoms with Gasteiger partial charge in [-0.15, -0.1) is 4.52 Å². The minimum Gasteiger partial charge on any atom is -0.300 e. The molecule has 0 aromatic heterocycles. The van der Waals surface area contributed by atoms with E-state index in [9.17, 15) is 9.13 Å². The molecule has 21 heavy (non-hydrogen) atoms. The van der Waals surface area contributed by atoms with Gasteiger partial charge in [-0.1, -0.05) is 60.7 Å². The second kappa shape index (κ2) is 8.80. The van der Waals surface area contributed by atoms with E-state index in [0.29, 0.717) is 0 Å². The first-order chi connectivity index (χ1) is 9.92. The largest absolute Gasteiger partial charge is 0.708 e. The highest BCUT2D eigenvalue weighted by molar-refractivity contribution is 7.55. The van der Waals surface area contributed by atoms with Crippen LogP contribution in [-0.4, -0.2) is 16.9 Å². The molecule has 2 N–H and O–H groups in total. The molecule has 1 unspecified atom stereocenters. The van der Waals surface area contributed by atoms with E-state index in [1.165, 1.54) is 11.1 Å². The second-order valence-corrected chi connectivity index (χ2v) is 6.16. The van der Waals surface area contributed by atoms with Crippen molar-refractivity contribution in [3.05, 3.63) is 60.7 Å². The molecule has 6 nitrogen and oxygen atoms in total. The Kier molecular flexibility index (Phi) is 7.40. The molecule has 0 heterocycles. The van der Waals surface area contributed by atoms with Crippen LogP contribution in [0.3, 0.4) is 0 Å². The Balaban J connectivity index is 0.000000222. The molecule has 2 aromatic carbocycles. The fraction of sp³-hybridized carbons (Fsp3) is 0.0769. The highest BCUT2D eigenvalue weighted by Gasteiger charge is 2.32. The summed E-state index contributed by atoms with van der Waals surface area (Å²) < 4.78 is 27.3. The lowest BCUT2D eigenvalue weighted by Crippen LogP contribution is -1.78. The van der Waals surface area contributed by atoms with Crippen LogP contribution in [0.4, 0.5) is 0 Å². The Morgan fingerprint density at radius 3 is 1.52 bits per heavy atom. The Bertz CT molecular complexity index is 559. The first-order valence-electron chi connectivity index (χ1n) is 5.79. The summed E-state index contributed by atoms with van der Waals surface area (Å²) in [5.41, 5.74) is 2.55. The molecular formula is C13H15O6P2+. The number of hydrogen-bond donors (Lipinski definition) is 2. The topological polar surface area (TPSA) is 93.1 Å². The molecule has 0 aliphatic heterocycles. The van der Waals surface area contributed by atoms with E-state index < -0.39 is 16.1 Å². The van der Waals surface area contributed by atoms with Crippen LogP contribution in [0.1, 0.15) is 0 Å². The summed E-state index contributed by atoms with van der Waals surface area (Å²) in [4.78, 5) is 15.9. The van der Waals surface area contributed by atoms with Crippen LogP contribution in [0.5, 0.6) is 0 Å². The van der Waals surface area contributed by atoms with Gasteiger partial charge in [0.1, 0.15) is 0 Å². The number of benzene rings is 2. The van der Waals surface area contributed by atoms with Gasteiger partial charge in [0, 0.05) is 4.57 Å². The molecule has 0 aliphatic rings. The van der Waals surface area contributed by atoms with Gasteiger partial charge >= 0.3 is 16.1 Å². The molecule has 0 spiro atoms. The molecule has 0 radical (unpaired) electrons. The molecule has 1 atom stereocenters. The lowest BCUT2D eigenvalue weighted by Gasteiger charge is -1.98. The molecule has 2 aromatic rings. The summed E-state index contributed by atoms with van der Waals surface area (Å²) in [5, 5.41) is 0. The van der Waals surface area contributed by atoms with Crippen molar-refractivity contribution in [3.63, 3.8) is 0 Å². The predicted molar refractivity (Wildman–Crippen MR) is 79.6 cm³/mol. The second-order valence-electron chi connectivity index (χ2n) is 3.71. The standard InChI is InChI=1S/C12H10.CH4O6P2/c1-3-7-11(8-4-1)12-9-5-2-6-10-12;1-6-8(2)7-9(3,4)5/h1-10H;1H3,(H-,3,4,5)/p+1. The molecule has 0 aliphatic carbocycles. The zero-order valence-corrected chi connectivity index (χ0v) is 13.0. The maximum absolute atomic E-state index is 10.0. The molecule has 112 valence electrons. The Labute approximate surface area is 123 Å². The van der Waals surface area contributed by atoms with E-state index >= 15 is 0 Å². The van der Waals surface area contributed by atoms with Gasteiger partial charge in [0.2, 0.25) is 0 Å². The van der Waals surface area contributed by atoms with Gasteiger partial charge in [-0.2, -0.15) is 0 Å². The van der Waals surface area contributed by atoms with Gasteiger partial charge in [-0.25, -0.2) is 4.57 Å². The Morgan fingerprint density at radius 1 is 0.905 bits per heavy atom. The lowest BCUT2D eigenvalue weighted by molar-refractivity contribution is 0.261. The van der Waals surface area contributed by atoms with Gasteiger partial charge in [0.15, 0.2) is 0 Å². The van der Waals surface area contributed by atoms with Crippen LogP contribution in [0.2, 0.25) is 0 Å². The normalized spacial score (nSPS) is 11.3. The van der Waals surface area contributed by atoms with Crippen LogP contribution in [0.15, 0.2) is 60.7 Å². The molecule has 0 saturated carbocycles. The van der Waals surface area contributed by atoms with Crippen molar-refractivity contribution in [2.45, 2.75) is 0 Å². The van der Waals surface area contributed by atoms with E-state index in [2.05, 4.69) is 57.4 Å². The minimum absolute atomic E-state index is 1.01. The summed E-state index contributed by atoms with van der Waals surface area (Å²) in [6, 6.07) is 20.8. The first kappa shape index (κ1) is 17.7. The van der Waals surface area contributed by atoms with E-state index in [0.717, 1.165) is 7.11 Å². The van der Waals surface area contributed by atoms with Gasteiger partial charge in [-0.3, -0.25) is 0 Å². The zero-order valence-electron chi connectivity index (χ0n) is 11.2. The average Bonchev–Trinajstić information content (AvgIpc) is 2.48. The van der Waals surface area contributed by atoms with Crippen LogP contribution in [0.25, 0.3) is 11.1 Å². The summed E-state index contributed by atoms with van der Waals surface area (Å²) in [7, 11) is -6.32. The molecule has 0 bridgehead atoms. The molecular weight excluding hydrogens is 314 g/mol. The molecule has 0 saturated heterocycles. The third-order valence-corrected chi connectivity index (χ3v) is 3.89. The van der Waals surface area contributed by atoms with Crippen molar-refractivity contribution in [1.82, 2.24) is 0 Å². The lowest BCUT2D eigenvalue weighted by atomic mass is 10.1. The van der Waals surface area contributed by atoms with Crippen molar-refractivity contribution in [3.8, 4) is 11.1 Å². The fourth-order valence-corrected chi connectivity index (χ4v) is 2.34. The van der Waals surface area contributed by atoms with Gasteiger partial charge in [0.05, 0.1) is 7.11 Å². The number of phosphoric acid groups is 1. The van der Waals surface area contributed by atoms with Crippen LogP contribution in [0, 0.1) is 0 Å². The third-order valence-electron chi connectivity index (χ3n) is 2.20. The van der Waals surface area contributed by atoms with Crippen LogP contribution in [-0.2, 0) is 18.0 Å². The van der Waals surface area contributed by atoms with Crippen LogP contribution >= 0.6 is 16.1 Å². The van der Waals surface area contributed by atoms with E-state index in [4.69, 9.17) is 9.79 Å². The van der Waals surface area contributed by atoms with E-state index in [1.54, 1.807) is 0 Å². The zero-order chi connectivity index (χ0) is 15.7. The minimum atomic E-state index is -4.65. The van der Waals surface area contributed by atoms with Crippen molar-refractivity contribution in [1.29, 1.82) is 0 Å². The Hall–Kier alpha value is -1.39. The molecule has 0 fully saturated rings. The summed E-state index contributed by atoms with van der Waals surface area (Å²) in [6.45, 7) is 0. The van der Waals surface area contributed by atoms with E-state index in [-0.39, 0.29) is 0 Å². The number of hydrogen-bond acceptors (Lipinski definition) is 4. The van der Waals surface area contributed by atoms with Crippen molar-refractivity contribution >= 4 is 16.1 Å². The van der Waals surface area contributed by atoms with Gasteiger partial charge < -0.3 is 9.79 Å². The summed E-state index contributed by atoms with van der Waals surface area (Å²) >= 11 is 0. The van der Waals surface area contributed by atoms with Crippen molar-refractivity contribution in [2.24, 2.45) is 0 Å². The maximum Gasteiger partial charge on any atom is 0.708 e. The van der Waals surface area contributed by atoms with Gasteiger partial charge in [0.25, 0.3) is 0 Å². The van der Waals surface area contributed by atoms with Crippen LogP contribution < -0.4 is 0 Å². The quantitative estimate of drug-likeness (QED) is 0.830. The fourth-order valence-electron chi connectivity index (χ4n) is 1.38. The average molecular weight is 329 g/mol. The highest BCUT2D eigenvalue weighted by atomic mass is 31.2. The smallest absolute Gasteiger partial charge is 0.300 e. The van der Waals surface area contributed by atoms with Gasteiger partial charge in [-0.05, 0) is 15.4 Å². The van der Waals surface area contributed by atoms with Crippen molar-refractivity contribution < 1.29 is 27.8 Å². The molecule has 0 amide bonds. The van der Waals surface area contributed by atoms with Crippen molar-refractivity contribution in [2.75, 3.05) is 7.11 Å². The Morgan fingerprint density at radius 2 is 1.29 bits per heavy atom. The monoisotopic (exact) mass is 329 g/mol. The maximum atomic E-state index is 10.0. The molecule has 8 heteroatoms. The first-order valence-corrected chi connectivity index (χ1v) is 8.42. The predicted octanol–water partition coefficient (Wildman–Crippen LogP) is 3.75. The van der Waals surface area contributed by atoms with E-state index in [1.807, 2.05) is 12.1 Å². The third kappa shape index (κ3) is 7.83. The number of rotatable bonds is 4. The highest BCUT2D eigenvalue weighted by Crippen LogP contribution is 2.47.